The van der Waals surface area contributed by atoms with Crippen LogP contribution in [0, 0.1) is 0 Å². The van der Waals surface area contributed by atoms with Gasteiger partial charge in [-0.2, -0.15) is 0 Å². The topological polar surface area (TPSA) is 78.9 Å². The standard InChI is InChI=1S/C53H90O6/c1-4-7-10-13-16-19-22-23-24-25-26-27-28-29-32-34-37-40-43-46-52(55)58-49-50(59-53(56)47-44-41-38-35-31-21-18-15-12-9-6-3)48-57-51(54)45-42-39-36-33-30-20-17-14-11-8-5-2/h7,10,14-19,23-24,26-27,50H,4-6,8-9,11-13,20-22,25,28-49H2,1-3H3/b10-7-,17-14-,18-15-,19-16-,24-23-,27-26-. The molecule has 0 aliphatic carbocycles. The second kappa shape index (κ2) is 47.5. The molecule has 0 fully saturated rings. The first kappa shape index (κ1) is 55.9. The Bertz CT molecular complexity index is 1130. The molecule has 0 aromatic heterocycles. The molecule has 0 saturated heterocycles. The highest BCUT2D eigenvalue weighted by Gasteiger charge is 2.19. The predicted molar refractivity (Wildman–Crippen MR) is 251 cm³/mol. The summed E-state index contributed by atoms with van der Waals surface area (Å²) in [4.78, 5) is 37.8. The van der Waals surface area contributed by atoms with Gasteiger partial charge in [0.25, 0.3) is 0 Å². The molecule has 0 amide bonds. The van der Waals surface area contributed by atoms with E-state index in [-0.39, 0.29) is 31.1 Å². The van der Waals surface area contributed by atoms with Crippen molar-refractivity contribution in [2.45, 2.75) is 232 Å². The van der Waals surface area contributed by atoms with E-state index in [4.69, 9.17) is 14.2 Å². The third-order valence-corrected chi connectivity index (χ3v) is 10.2. The van der Waals surface area contributed by atoms with Crippen molar-refractivity contribution in [3.8, 4) is 0 Å². The molecule has 0 aliphatic heterocycles. The minimum atomic E-state index is -0.787. The average Bonchev–Trinajstić information content (AvgIpc) is 3.23. The monoisotopic (exact) mass is 823 g/mol. The van der Waals surface area contributed by atoms with Crippen molar-refractivity contribution in [2.24, 2.45) is 0 Å². The quantitative estimate of drug-likeness (QED) is 0.0264. The van der Waals surface area contributed by atoms with Crippen LogP contribution in [0.2, 0.25) is 0 Å². The third-order valence-electron chi connectivity index (χ3n) is 10.2. The Morgan fingerprint density at radius 3 is 1.05 bits per heavy atom. The molecule has 59 heavy (non-hydrogen) atoms. The SMILES string of the molecule is CC/C=C\C/C=C\C/C=C\C/C=C\CCCCCCCCC(=O)OCC(COC(=O)CCCCCCC/C=C\CCCC)OC(=O)CCCCCCC/C=C\CCCC. The number of hydrogen-bond donors (Lipinski definition) is 0. The van der Waals surface area contributed by atoms with Gasteiger partial charge in [0.15, 0.2) is 6.10 Å². The molecule has 0 spiro atoms. The molecule has 0 rings (SSSR count). The van der Waals surface area contributed by atoms with Crippen LogP contribution in [0.25, 0.3) is 0 Å². The zero-order valence-corrected chi connectivity index (χ0v) is 38.5. The molecule has 0 bridgehead atoms. The van der Waals surface area contributed by atoms with Crippen molar-refractivity contribution in [3.05, 3.63) is 72.9 Å². The molecule has 0 aromatic rings. The summed E-state index contributed by atoms with van der Waals surface area (Å²) in [6.07, 6.45) is 58.8. The first-order valence-corrected chi connectivity index (χ1v) is 24.4. The lowest BCUT2D eigenvalue weighted by atomic mass is 10.1. The highest BCUT2D eigenvalue weighted by molar-refractivity contribution is 5.71. The number of carbonyl (C=O) groups is 3. The fraction of sp³-hybridized carbons (Fsp3) is 0.717. The van der Waals surface area contributed by atoms with Crippen LogP contribution in [0.1, 0.15) is 226 Å². The summed E-state index contributed by atoms with van der Waals surface area (Å²) in [7, 11) is 0. The maximum Gasteiger partial charge on any atom is 0.306 e. The Hall–Kier alpha value is -3.15. The number of ether oxygens (including phenoxy) is 3. The van der Waals surface area contributed by atoms with Crippen molar-refractivity contribution in [1.82, 2.24) is 0 Å². The Morgan fingerprint density at radius 2 is 0.661 bits per heavy atom. The minimum absolute atomic E-state index is 0.0884. The summed E-state index contributed by atoms with van der Waals surface area (Å²) in [5.74, 6) is -0.925. The lowest BCUT2D eigenvalue weighted by Gasteiger charge is -2.18. The van der Waals surface area contributed by atoms with Gasteiger partial charge >= 0.3 is 17.9 Å². The Balaban J connectivity index is 4.37. The van der Waals surface area contributed by atoms with E-state index in [1.165, 1.54) is 77.0 Å². The van der Waals surface area contributed by atoms with Crippen molar-refractivity contribution in [1.29, 1.82) is 0 Å². The average molecular weight is 823 g/mol. The highest BCUT2D eigenvalue weighted by Crippen LogP contribution is 2.13. The second-order valence-corrected chi connectivity index (χ2v) is 16.0. The van der Waals surface area contributed by atoms with E-state index in [9.17, 15) is 14.4 Å². The zero-order chi connectivity index (χ0) is 43.0. The van der Waals surface area contributed by atoms with E-state index in [0.29, 0.717) is 19.3 Å². The number of esters is 3. The molecule has 0 aliphatic rings. The fourth-order valence-corrected chi connectivity index (χ4v) is 6.45. The van der Waals surface area contributed by atoms with E-state index < -0.39 is 6.10 Å². The van der Waals surface area contributed by atoms with Crippen LogP contribution in [0.5, 0.6) is 0 Å². The maximum atomic E-state index is 12.7. The zero-order valence-electron chi connectivity index (χ0n) is 38.5. The lowest BCUT2D eigenvalue weighted by Crippen LogP contribution is -2.30. The van der Waals surface area contributed by atoms with Gasteiger partial charge in [0.05, 0.1) is 0 Å². The molecule has 6 heteroatoms. The van der Waals surface area contributed by atoms with Crippen LogP contribution in [-0.4, -0.2) is 37.2 Å². The van der Waals surface area contributed by atoms with E-state index in [1.807, 2.05) is 0 Å². The first-order valence-electron chi connectivity index (χ1n) is 24.4. The van der Waals surface area contributed by atoms with E-state index >= 15 is 0 Å². The van der Waals surface area contributed by atoms with Crippen molar-refractivity contribution in [2.75, 3.05) is 13.2 Å². The molecule has 0 saturated carbocycles. The molecule has 1 unspecified atom stereocenters. The van der Waals surface area contributed by atoms with Gasteiger partial charge in [0, 0.05) is 19.3 Å². The van der Waals surface area contributed by atoms with Crippen LogP contribution in [0.3, 0.4) is 0 Å². The van der Waals surface area contributed by atoms with Gasteiger partial charge in [-0.25, -0.2) is 0 Å². The molecule has 6 nitrogen and oxygen atoms in total. The van der Waals surface area contributed by atoms with E-state index in [0.717, 1.165) is 109 Å². The van der Waals surface area contributed by atoms with Crippen LogP contribution in [0.15, 0.2) is 72.9 Å². The molecule has 1 atom stereocenters. The van der Waals surface area contributed by atoms with Gasteiger partial charge in [-0.15, -0.1) is 0 Å². The first-order chi connectivity index (χ1) is 29.0. The smallest absolute Gasteiger partial charge is 0.306 e. The number of allylic oxidation sites excluding steroid dienone is 12. The summed E-state index contributed by atoms with van der Waals surface area (Å²) in [6.45, 7) is 6.41. The molecule has 338 valence electrons. The third kappa shape index (κ3) is 45.8. The maximum absolute atomic E-state index is 12.7. The molecule has 0 radical (unpaired) electrons. The second-order valence-electron chi connectivity index (χ2n) is 16.0. The Kier molecular flexibility index (Phi) is 45.0. The number of rotatable bonds is 43. The van der Waals surface area contributed by atoms with Crippen LogP contribution in [-0.2, 0) is 28.6 Å². The lowest BCUT2D eigenvalue weighted by molar-refractivity contribution is -0.167. The summed E-state index contributed by atoms with van der Waals surface area (Å²) >= 11 is 0. The normalized spacial score (nSPS) is 12.7. The minimum Gasteiger partial charge on any atom is -0.462 e. The van der Waals surface area contributed by atoms with E-state index in [2.05, 4.69) is 93.7 Å². The van der Waals surface area contributed by atoms with Crippen LogP contribution in [0.4, 0.5) is 0 Å². The Morgan fingerprint density at radius 1 is 0.356 bits per heavy atom. The van der Waals surface area contributed by atoms with Gasteiger partial charge in [0.2, 0.25) is 0 Å². The largest absolute Gasteiger partial charge is 0.462 e. The molecule has 0 N–H and O–H groups in total. The van der Waals surface area contributed by atoms with Gasteiger partial charge in [0.1, 0.15) is 13.2 Å². The molecular formula is C53H90O6. The van der Waals surface area contributed by atoms with Crippen molar-refractivity contribution < 1.29 is 28.6 Å². The van der Waals surface area contributed by atoms with Crippen molar-refractivity contribution >= 4 is 17.9 Å². The summed E-state index contributed by atoms with van der Waals surface area (Å²) in [5, 5.41) is 0. The summed E-state index contributed by atoms with van der Waals surface area (Å²) in [5.41, 5.74) is 0. The van der Waals surface area contributed by atoms with Crippen molar-refractivity contribution in [3.63, 3.8) is 0 Å². The Labute approximate surface area is 363 Å². The van der Waals surface area contributed by atoms with Crippen LogP contribution >= 0.6 is 0 Å². The van der Waals surface area contributed by atoms with Gasteiger partial charge < -0.3 is 14.2 Å². The molecule has 0 aromatic carbocycles. The number of carbonyl (C=O) groups excluding carboxylic acids is 3. The van der Waals surface area contributed by atoms with Gasteiger partial charge in [-0.05, 0) is 96.3 Å². The summed E-state index contributed by atoms with van der Waals surface area (Å²) in [6, 6.07) is 0. The number of unbranched alkanes of at least 4 members (excludes halogenated alkanes) is 20. The van der Waals surface area contributed by atoms with Crippen LogP contribution < -0.4 is 0 Å². The predicted octanol–water partition coefficient (Wildman–Crippen LogP) is 15.9. The van der Waals surface area contributed by atoms with Gasteiger partial charge in [-0.3, -0.25) is 14.4 Å². The molecular weight excluding hydrogens is 733 g/mol. The van der Waals surface area contributed by atoms with E-state index in [1.54, 1.807) is 0 Å². The van der Waals surface area contributed by atoms with Gasteiger partial charge in [-0.1, -0.05) is 184 Å². The number of hydrogen-bond acceptors (Lipinski definition) is 6. The highest BCUT2D eigenvalue weighted by atomic mass is 16.6. The molecule has 0 heterocycles. The summed E-state index contributed by atoms with van der Waals surface area (Å²) < 4.78 is 16.7. The fourth-order valence-electron chi connectivity index (χ4n) is 6.45.